The van der Waals surface area contributed by atoms with Gasteiger partial charge < -0.3 is 11.1 Å². The lowest BCUT2D eigenvalue weighted by molar-refractivity contribution is 0.0996. The van der Waals surface area contributed by atoms with Gasteiger partial charge in [0.2, 0.25) is 0 Å². The highest BCUT2D eigenvalue weighted by molar-refractivity contribution is 5.94. The fourth-order valence-corrected chi connectivity index (χ4v) is 1.86. The predicted molar refractivity (Wildman–Crippen MR) is 73.5 cm³/mol. The number of nitrogens with one attached hydrogen (secondary N) is 1. The topological polar surface area (TPSA) is 55.1 Å². The van der Waals surface area contributed by atoms with Crippen molar-refractivity contribution < 1.29 is 13.6 Å². The fourth-order valence-electron chi connectivity index (χ4n) is 1.86. The highest BCUT2D eigenvalue weighted by Gasteiger charge is 2.13. The van der Waals surface area contributed by atoms with Gasteiger partial charge >= 0.3 is 0 Å². The molecule has 0 aromatic heterocycles. The minimum Gasteiger partial charge on any atom is -0.382 e. The number of rotatable bonds is 5. The quantitative estimate of drug-likeness (QED) is 0.882. The van der Waals surface area contributed by atoms with Crippen LogP contribution < -0.4 is 11.1 Å². The van der Waals surface area contributed by atoms with Gasteiger partial charge in [-0.05, 0) is 18.1 Å². The van der Waals surface area contributed by atoms with Crippen LogP contribution in [-0.4, -0.2) is 12.5 Å². The van der Waals surface area contributed by atoms with E-state index >= 15 is 0 Å². The number of halogens is 2. The molecule has 0 unspecified atom stereocenters. The lowest BCUT2D eigenvalue weighted by atomic mass is 10.1. The summed E-state index contributed by atoms with van der Waals surface area (Å²) in [7, 11) is 0. The third-order valence-corrected chi connectivity index (χ3v) is 2.89. The van der Waals surface area contributed by atoms with Crippen LogP contribution in [0, 0.1) is 11.6 Å². The van der Waals surface area contributed by atoms with Crippen molar-refractivity contribution in [3.8, 4) is 0 Å². The van der Waals surface area contributed by atoms with Gasteiger partial charge in [0.15, 0.2) is 0 Å². The number of hydrogen-bond acceptors (Lipinski definition) is 2. The zero-order valence-electron chi connectivity index (χ0n) is 10.7. The molecule has 0 bridgehead atoms. The van der Waals surface area contributed by atoms with Crippen LogP contribution in [0.25, 0.3) is 0 Å². The van der Waals surface area contributed by atoms with Gasteiger partial charge in [-0.25, -0.2) is 8.78 Å². The van der Waals surface area contributed by atoms with Crippen LogP contribution in [0.15, 0.2) is 42.5 Å². The van der Waals surface area contributed by atoms with E-state index in [-0.39, 0.29) is 11.3 Å². The summed E-state index contributed by atoms with van der Waals surface area (Å²) in [6, 6.07) is 11.4. The average Bonchev–Trinajstić information content (AvgIpc) is 2.42. The third kappa shape index (κ3) is 3.32. The molecule has 2 rings (SSSR count). The van der Waals surface area contributed by atoms with Gasteiger partial charge in [0.25, 0.3) is 5.91 Å². The maximum absolute atomic E-state index is 13.6. The van der Waals surface area contributed by atoms with Gasteiger partial charge in [0, 0.05) is 12.6 Å². The van der Waals surface area contributed by atoms with Crippen molar-refractivity contribution in [1.82, 2.24) is 0 Å². The Bertz CT molecular complexity index is 615. The zero-order chi connectivity index (χ0) is 14.5. The number of amides is 1. The highest BCUT2D eigenvalue weighted by atomic mass is 19.1. The molecular formula is C15H14F2N2O. The first-order valence-corrected chi connectivity index (χ1v) is 6.14. The first kappa shape index (κ1) is 14.0. The van der Waals surface area contributed by atoms with E-state index in [1.807, 2.05) is 30.3 Å². The monoisotopic (exact) mass is 276 g/mol. The van der Waals surface area contributed by atoms with Crippen molar-refractivity contribution in [2.24, 2.45) is 5.73 Å². The number of nitrogens with two attached hydrogens (primary N) is 1. The van der Waals surface area contributed by atoms with Crippen molar-refractivity contribution in [2.75, 3.05) is 11.9 Å². The van der Waals surface area contributed by atoms with Crippen molar-refractivity contribution in [3.63, 3.8) is 0 Å². The molecule has 0 heterocycles. The summed E-state index contributed by atoms with van der Waals surface area (Å²) < 4.78 is 26.9. The van der Waals surface area contributed by atoms with Crippen LogP contribution in [0.1, 0.15) is 15.9 Å². The van der Waals surface area contributed by atoms with E-state index < -0.39 is 17.5 Å². The summed E-state index contributed by atoms with van der Waals surface area (Å²) in [5.74, 6) is -2.63. The molecular weight excluding hydrogens is 262 g/mol. The lowest BCUT2D eigenvalue weighted by Gasteiger charge is -2.09. The van der Waals surface area contributed by atoms with Crippen LogP contribution >= 0.6 is 0 Å². The average molecular weight is 276 g/mol. The summed E-state index contributed by atoms with van der Waals surface area (Å²) >= 11 is 0. The Morgan fingerprint density at radius 2 is 1.80 bits per heavy atom. The number of hydrogen-bond donors (Lipinski definition) is 2. The first-order valence-electron chi connectivity index (χ1n) is 6.14. The fraction of sp³-hybridized carbons (Fsp3) is 0.133. The number of benzene rings is 2. The number of carbonyl (C=O) groups is 1. The molecule has 0 saturated heterocycles. The van der Waals surface area contributed by atoms with Gasteiger partial charge in [-0.2, -0.15) is 0 Å². The summed E-state index contributed by atoms with van der Waals surface area (Å²) in [5, 5.41) is 2.83. The van der Waals surface area contributed by atoms with Crippen LogP contribution in [0.2, 0.25) is 0 Å². The number of anilines is 1. The van der Waals surface area contributed by atoms with E-state index in [0.717, 1.165) is 11.6 Å². The van der Waals surface area contributed by atoms with Crippen molar-refractivity contribution in [1.29, 1.82) is 0 Å². The molecule has 0 aliphatic carbocycles. The summed E-state index contributed by atoms with van der Waals surface area (Å²) in [6.07, 6.45) is 0.684. The van der Waals surface area contributed by atoms with Crippen LogP contribution in [-0.2, 0) is 6.42 Å². The summed E-state index contributed by atoms with van der Waals surface area (Å²) in [4.78, 5) is 11.0. The maximum Gasteiger partial charge on any atom is 0.251 e. The lowest BCUT2D eigenvalue weighted by Crippen LogP contribution is -2.15. The smallest absolute Gasteiger partial charge is 0.251 e. The highest BCUT2D eigenvalue weighted by Crippen LogP contribution is 2.19. The molecule has 2 aromatic rings. The number of carbonyl (C=O) groups excluding carboxylic acids is 1. The van der Waals surface area contributed by atoms with Crippen molar-refractivity contribution >= 4 is 11.6 Å². The summed E-state index contributed by atoms with van der Waals surface area (Å²) in [6.45, 7) is 0.463. The first-order chi connectivity index (χ1) is 9.58. The molecule has 0 aliphatic rings. The van der Waals surface area contributed by atoms with E-state index in [4.69, 9.17) is 5.73 Å². The Labute approximate surface area is 115 Å². The summed E-state index contributed by atoms with van der Waals surface area (Å²) in [5.41, 5.74) is 5.86. The normalized spacial score (nSPS) is 10.3. The largest absolute Gasteiger partial charge is 0.382 e. The Hall–Kier alpha value is -2.43. The molecule has 0 aliphatic heterocycles. The van der Waals surface area contributed by atoms with Crippen LogP contribution in [0.3, 0.4) is 0 Å². The van der Waals surface area contributed by atoms with Crippen molar-refractivity contribution in [3.05, 3.63) is 65.2 Å². The van der Waals surface area contributed by atoms with E-state index in [2.05, 4.69) is 5.32 Å². The Morgan fingerprint density at radius 1 is 1.10 bits per heavy atom. The Kier molecular flexibility index (Phi) is 4.30. The van der Waals surface area contributed by atoms with Crippen LogP contribution in [0.5, 0.6) is 0 Å². The molecule has 3 N–H and O–H groups in total. The molecule has 3 nitrogen and oxygen atoms in total. The Morgan fingerprint density at radius 3 is 2.45 bits per heavy atom. The maximum atomic E-state index is 13.6. The minimum atomic E-state index is -0.955. The molecule has 104 valence electrons. The molecule has 0 atom stereocenters. The van der Waals surface area contributed by atoms with E-state index in [0.29, 0.717) is 19.0 Å². The van der Waals surface area contributed by atoms with E-state index in [1.165, 1.54) is 0 Å². The van der Waals surface area contributed by atoms with Gasteiger partial charge in [-0.15, -0.1) is 0 Å². The second kappa shape index (κ2) is 6.14. The van der Waals surface area contributed by atoms with E-state index in [9.17, 15) is 13.6 Å². The molecule has 5 heteroatoms. The Balaban J connectivity index is 2.06. The molecule has 0 saturated carbocycles. The second-order valence-electron chi connectivity index (χ2n) is 4.34. The van der Waals surface area contributed by atoms with E-state index in [1.54, 1.807) is 0 Å². The van der Waals surface area contributed by atoms with Gasteiger partial charge in [0.05, 0.1) is 11.3 Å². The standard InChI is InChI=1S/C15H14F2N2O/c16-12-9-13(17)14(8-11(12)15(18)20)19-7-6-10-4-2-1-3-5-10/h1-5,8-9,19H,6-7H2,(H2,18,20). The van der Waals surface area contributed by atoms with Gasteiger partial charge in [-0.1, -0.05) is 30.3 Å². The molecule has 1 amide bonds. The molecule has 20 heavy (non-hydrogen) atoms. The SMILES string of the molecule is NC(=O)c1cc(NCCc2ccccc2)c(F)cc1F. The third-order valence-electron chi connectivity index (χ3n) is 2.89. The van der Waals surface area contributed by atoms with Gasteiger partial charge in [0.1, 0.15) is 11.6 Å². The molecule has 0 fully saturated rings. The molecule has 0 radical (unpaired) electrons. The minimum absolute atomic E-state index is 0.0659. The molecule has 0 spiro atoms. The van der Waals surface area contributed by atoms with Crippen molar-refractivity contribution in [2.45, 2.75) is 6.42 Å². The van der Waals surface area contributed by atoms with Gasteiger partial charge in [-0.3, -0.25) is 4.79 Å². The number of primary amides is 1. The zero-order valence-corrected chi connectivity index (χ0v) is 10.7. The predicted octanol–water partition coefficient (Wildman–Crippen LogP) is 2.72. The second-order valence-corrected chi connectivity index (χ2v) is 4.34. The van der Waals surface area contributed by atoms with Crippen LogP contribution in [0.4, 0.5) is 14.5 Å². The molecule has 2 aromatic carbocycles.